The van der Waals surface area contributed by atoms with Crippen LogP contribution in [0.5, 0.6) is 11.6 Å². The van der Waals surface area contributed by atoms with Crippen LogP contribution in [0.15, 0.2) is 54.7 Å². The Morgan fingerprint density at radius 2 is 1.84 bits per heavy atom. The smallest absolute Gasteiger partial charge is 0.410 e. The fourth-order valence-corrected chi connectivity index (χ4v) is 5.94. The molecule has 2 aromatic carbocycles. The summed E-state index contributed by atoms with van der Waals surface area (Å²) in [6.45, 7) is 6.81. The Hall–Kier alpha value is -4.94. The van der Waals surface area contributed by atoms with Crippen molar-refractivity contribution < 1.29 is 33.3 Å². The SMILES string of the molecule is CC(C)(C)OC(=O)N1CCC2(CCCN2c2nc(OCc3ccccc3)c3cnn(-c4ccc(F)cc4OCC(=O)O)c3n2)C1. The van der Waals surface area contributed by atoms with E-state index in [0.717, 1.165) is 30.9 Å². The Bertz CT molecular complexity index is 1720. The van der Waals surface area contributed by atoms with Crippen molar-refractivity contribution in [1.29, 1.82) is 0 Å². The fraction of sp³-hybridized carbons (Fsp3) is 0.406. The van der Waals surface area contributed by atoms with Crippen molar-refractivity contribution in [2.24, 2.45) is 0 Å². The Morgan fingerprint density at radius 1 is 1.04 bits per heavy atom. The zero-order valence-electron chi connectivity index (χ0n) is 25.4. The first-order valence-corrected chi connectivity index (χ1v) is 14.8. The minimum absolute atomic E-state index is 0.00393. The molecule has 45 heavy (non-hydrogen) atoms. The normalized spacial score (nSPS) is 18.1. The van der Waals surface area contributed by atoms with E-state index in [1.807, 2.05) is 51.1 Å². The van der Waals surface area contributed by atoms with Crippen LogP contribution in [0.25, 0.3) is 16.7 Å². The lowest BCUT2D eigenvalue weighted by molar-refractivity contribution is -0.139. The molecule has 12 nitrogen and oxygen atoms in total. The molecule has 1 amide bonds. The number of benzene rings is 2. The van der Waals surface area contributed by atoms with Crippen LogP contribution in [-0.4, -0.2) is 79.2 Å². The van der Waals surface area contributed by atoms with Gasteiger partial charge in [-0.25, -0.2) is 18.7 Å². The van der Waals surface area contributed by atoms with Gasteiger partial charge in [0.15, 0.2) is 12.3 Å². The summed E-state index contributed by atoms with van der Waals surface area (Å²) in [5.41, 5.74) is 0.631. The molecule has 0 bridgehead atoms. The summed E-state index contributed by atoms with van der Waals surface area (Å²) in [5, 5.41) is 14.2. The minimum Gasteiger partial charge on any atom is -0.480 e. The summed E-state index contributed by atoms with van der Waals surface area (Å²) >= 11 is 0. The van der Waals surface area contributed by atoms with E-state index in [-0.39, 0.29) is 18.4 Å². The molecule has 6 rings (SSSR count). The number of rotatable bonds is 8. The number of ether oxygens (including phenoxy) is 3. The summed E-state index contributed by atoms with van der Waals surface area (Å²) in [5.74, 6) is -1.08. The molecule has 4 aromatic rings. The maximum atomic E-state index is 14.2. The average molecular weight is 619 g/mol. The lowest BCUT2D eigenvalue weighted by Crippen LogP contribution is -2.48. The van der Waals surface area contributed by atoms with E-state index in [1.165, 1.54) is 16.8 Å². The number of carbonyl (C=O) groups excluding carboxylic acids is 1. The number of carboxylic acid groups (broad SMARTS) is 1. The van der Waals surface area contributed by atoms with E-state index >= 15 is 0 Å². The molecule has 2 aliphatic heterocycles. The number of likely N-dealkylation sites (tertiary alicyclic amines) is 1. The summed E-state index contributed by atoms with van der Waals surface area (Å²) in [6, 6.07) is 13.5. The Morgan fingerprint density at radius 3 is 2.60 bits per heavy atom. The number of hydrogen-bond acceptors (Lipinski definition) is 9. The van der Waals surface area contributed by atoms with Gasteiger partial charge in [0.2, 0.25) is 11.8 Å². The van der Waals surface area contributed by atoms with Crippen molar-refractivity contribution in [1.82, 2.24) is 24.6 Å². The van der Waals surface area contributed by atoms with E-state index in [2.05, 4.69) is 10.00 Å². The molecule has 1 atom stereocenters. The Labute approximate surface area is 259 Å². The molecular formula is C32H35FN6O6. The van der Waals surface area contributed by atoms with Crippen LogP contribution in [0.3, 0.4) is 0 Å². The highest BCUT2D eigenvalue weighted by atomic mass is 19.1. The second kappa shape index (κ2) is 11.9. The van der Waals surface area contributed by atoms with Gasteiger partial charge < -0.3 is 29.1 Å². The molecule has 0 aliphatic carbocycles. The average Bonchev–Trinajstić information content (AvgIpc) is 3.73. The quantitative estimate of drug-likeness (QED) is 0.288. The second-order valence-corrected chi connectivity index (χ2v) is 12.3. The first kappa shape index (κ1) is 30.1. The van der Waals surface area contributed by atoms with Crippen LogP contribution >= 0.6 is 0 Å². The molecule has 13 heteroatoms. The van der Waals surface area contributed by atoms with Gasteiger partial charge in [0.05, 0.1) is 11.7 Å². The van der Waals surface area contributed by atoms with E-state index in [0.29, 0.717) is 48.2 Å². The third-order valence-electron chi connectivity index (χ3n) is 7.92. The van der Waals surface area contributed by atoms with Crippen LogP contribution in [0.2, 0.25) is 0 Å². The summed E-state index contributed by atoms with van der Waals surface area (Å²) in [7, 11) is 0. The third kappa shape index (κ3) is 6.33. The number of aliphatic carboxylic acids is 1. The minimum atomic E-state index is -1.20. The summed E-state index contributed by atoms with van der Waals surface area (Å²) < 4.78 is 33.0. The van der Waals surface area contributed by atoms with Crippen LogP contribution in [0, 0.1) is 5.82 Å². The molecule has 2 aromatic heterocycles. The number of carboxylic acids is 1. The van der Waals surface area contributed by atoms with Gasteiger partial charge >= 0.3 is 12.1 Å². The van der Waals surface area contributed by atoms with E-state index < -0.39 is 29.5 Å². The molecule has 2 saturated heterocycles. The van der Waals surface area contributed by atoms with E-state index in [1.54, 1.807) is 11.1 Å². The third-order valence-corrected chi connectivity index (χ3v) is 7.92. The number of aromatic nitrogens is 4. The van der Waals surface area contributed by atoms with Gasteiger partial charge in [-0.2, -0.15) is 15.1 Å². The van der Waals surface area contributed by atoms with E-state index in [4.69, 9.17) is 24.2 Å². The summed E-state index contributed by atoms with van der Waals surface area (Å²) in [6.07, 6.45) is 3.66. The van der Waals surface area contributed by atoms with Gasteiger partial charge in [-0.1, -0.05) is 30.3 Å². The summed E-state index contributed by atoms with van der Waals surface area (Å²) in [4.78, 5) is 37.9. The molecule has 0 radical (unpaired) electrons. The largest absolute Gasteiger partial charge is 0.480 e. The van der Waals surface area contributed by atoms with Crippen molar-refractivity contribution in [3.05, 3.63) is 66.1 Å². The van der Waals surface area contributed by atoms with Crippen LogP contribution < -0.4 is 14.4 Å². The first-order chi connectivity index (χ1) is 21.5. The highest BCUT2D eigenvalue weighted by Crippen LogP contribution is 2.41. The monoisotopic (exact) mass is 618 g/mol. The van der Waals surface area contributed by atoms with Crippen molar-refractivity contribution in [2.45, 2.75) is 57.8 Å². The molecule has 1 N–H and O–H groups in total. The van der Waals surface area contributed by atoms with Crippen molar-refractivity contribution in [3.8, 4) is 17.3 Å². The Balaban J connectivity index is 1.41. The van der Waals surface area contributed by atoms with Gasteiger partial charge in [-0.3, -0.25) is 0 Å². The predicted molar refractivity (Wildman–Crippen MR) is 162 cm³/mol. The van der Waals surface area contributed by atoms with Gasteiger partial charge in [0.1, 0.15) is 34.8 Å². The molecule has 0 saturated carbocycles. The number of halogens is 1. The lowest BCUT2D eigenvalue weighted by atomic mass is 9.95. The van der Waals surface area contributed by atoms with Gasteiger partial charge in [-0.05, 0) is 57.7 Å². The molecule has 236 valence electrons. The van der Waals surface area contributed by atoms with Gasteiger partial charge in [0.25, 0.3) is 0 Å². The van der Waals surface area contributed by atoms with Crippen LogP contribution in [-0.2, 0) is 16.1 Å². The zero-order valence-corrected chi connectivity index (χ0v) is 25.4. The number of nitrogens with zero attached hydrogens (tertiary/aromatic N) is 6. The maximum absolute atomic E-state index is 14.2. The standard InChI is InChI=1S/C32H35FN6O6/c1-31(2,3)45-30(42)37-15-13-32(20-37)12-7-14-38(32)29-35-27-23(28(36-29)44-18-21-8-5-4-6-9-21)17-34-39(27)24-11-10-22(33)16-25(24)43-19-26(40)41/h4-6,8-11,16-17H,7,12-15,18-20H2,1-3H3,(H,40,41). The van der Waals surface area contributed by atoms with Crippen molar-refractivity contribution in [2.75, 3.05) is 31.1 Å². The van der Waals surface area contributed by atoms with Crippen molar-refractivity contribution >= 4 is 29.0 Å². The van der Waals surface area contributed by atoms with Gasteiger partial charge in [-0.15, -0.1) is 0 Å². The Kier molecular flexibility index (Phi) is 7.94. The molecule has 1 unspecified atom stereocenters. The molecule has 2 aliphatic rings. The van der Waals surface area contributed by atoms with Gasteiger partial charge in [0, 0.05) is 25.7 Å². The molecule has 2 fully saturated rings. The first-order valence-electron chi connectivity index (χ1n) is 14.8. The number of anilines is 1. The number of carbonyl (C=O) groups is 2. The molecule has 1 spiro atoms. The highest BCUT2D eigenvalue weighted by Gasteiger charge is 2.49. The van der Waals surface area contributed by atoms with Crippen LogP contribution in [0.1, 0.15) is 45.6 Å². The maximum Gasteiger partial charge on any atom is 0.410 e. The molecular weight excluding hydrogens is 583 g/mol. The predicted octanol–water partition coefficient (Wildman–Crippen LogP) is 4.98. The number of fused-ring (bicyclic) bond motifs is 1. The zero-order chi connectivity index (χ0) is 31.8. The highest BCUT2D eigenvalue weighted by molar-refractivity contribution is 5.83. The lowest BCUT2D eigenvalue weighted by Gasteiger charge is -2.35. The fourth-order valence-electron chi connectivity index (χ4n) is 5.94. The van der Waals surface area contributed by atoms with E-state index in [9.17, 15) is 19.1 Å². The second-order valence-electron chi connectivity index (χ2n) is 12.3. The van der Waals surface area contributed by atoms with Crippen molar-refractivity contribution in [3.63, 3.8) is 0 Å². The van der Waals surface area contributed by atoms with Crippen LogP contribution in [0.4, 0.5) is 15.1 Å². The topological polar surface area (TPSA) is 132 Å². The number of hydrogen-bond donors (Lipinski definition) is 1. The number of amides is 1. The molecule has 4 heterocycles.